The molecule has 5 heterocycles. The molecular weight excluding hydrogens is 720 g/mol. The number of rotatable bonds is 4. The van der Waals surface area contributed by atoms with Gasteiger partial charge >= 0.3 is 0 Å². The van der Waals surface area contributed by atoms with E-state index in [1.807, 2.05) is 48.5 Å². The van der Waals surface area contributed by atoms with Crippen molar-refractivity contribution in [2.75, 3.05) is 0 Å². The van der Waals surface area contributed by atoms with Crippen LogP contribution in [-0.4, -0.2) is 59.7 Å². The van der Waals surface area contributed by atoms with Crippen LogP contribution in [-0.2, 0) is 36.6 Å². The van der Waals surface area contributed by atoms with Gasteiger partial charge in [-0.05, 0) is 12.1 Å². The maximum atomic E-state index is 12.6. The molecule has 1 radical (unpaired) electrons. The molecule has 0 spiro atoms. The van der Waals surface area contributed by atoms with E-state index >= 15 is 0 Å². The first-order valence-corrected chi connectivity index (χ1v) is 16.3. The Balaban J connectivity index is 0.00000348. The van der Waals surface area contributed by atoms with E-state index in [2.05, 4.69) is 14.4 Å². The minimum Gasteiger partial charge on any atom is -0.691 e. The van der Waals surface area contributed by atoms with Crippen molar-refractivity contribution in [1.82, 2.24) is 0 Å². The molecule has 5 aliphatic rings. The van der Waals surface area contributed by atoms with Crippen molar-refractivity contribution in [2.24, 2.45) is 39.9 Å². The van der Waals surface area contributed by atoms with Gasteiger partial charge in [0, 0.05) is 56.0 Å². The predicted molar refractivity (Wildman–Crippen MR) is 176 cm³/mol. The summed E-state index contributed by atoms with van der Waals surface area (Å²) < 4.78 is 40.0. The van der Waals surface area contributed by atoms with Gasteiger partial charge in [0.15, 0.2) is 46.7 Å². The number of hydrogen-bond donors (Lipinski definition) is 1. The summed E-state index contributed by atoms with van der Waals surface area (Å²) in [6.45, 7) is 0. The van der Waals surface area contributed by atoms with Crippen molar-refractivity contribution in [3.8, 4) is 0 Å². The first-order chi connectivity index (χ1) is 23.4. The second-order valence-corrected chi connectivity index (χ2v) is 12.8. The van der Waals surface area contributed by atoms with Gasteiger partial charge in [-0.3, -0.25) is 9.59 Å². The van der Waals surface area contributed by atoms with Gasteiger partial charge in [-0.1, -0.05) is 72.8 Å². The van der Waals surface area contributed by atoms with Crippen molar-refractivity contribution >= 4 is 68.8 Å². The van der Waals surface area contributed by atoms with E-state index in [-0.39, 0.29) is 51.8 Å². The summed E-state index contributed by atoms with van der Waals surface area (Å²) in [4.78, 5) is 38.2. The van der Waals surface area contributed by atoms with Crippen molar-refractivity contribution in [3.63, 3.8) is 0 Å². The number of fused-ring (bicyclic) bond motifs is 16. The summed E-state index contributed by atoms with van der Waals surface area (Å²) in [7, 11) is -4.71. The van der Waals surface area contributed by atoms with Crippen LogP contribution in [0.25, 0.3) is 0 Å². The number of nitrogens with zero attached hydrogens (tertiary/aromatic N) is 8. The molecule has 17 heteroatoms. The Morgan fingerprint density at radius 2 is 0.878 bits per heavy atom. The molecule has 4 aromatic carbocycles. The molecule has 1 N–H and O–H groups in total. The zero-order chi connectivity index (χ0) is 32.6. The third kappa shape index (κ3) is 5.08. The minimum atomic E-state index is -4.71. The Morgan fingerprint density at radius 1 is 0.510 bits per heavy atom. The normalized spacial score (nSPS) is 16.4. The van der Waals surface area contributed by atoms with Crippen LogP contribution in [0.15, 0.2) is 135 Å². The number of hydrogen-bond acceptors (Lipinski definition) is 14. The van der Waals surface area contributed by atoms with Crippen molar-refractivity contribution < 1.29 is 44.7 Å². The van der Waals surface area contributed by atoms with E-state index in [0.29, 0.717) is 67.8 Å². The molecule has 8 bridgehead atoms. The molecule has 243 valence electrons. The molecule has 0 amide bonds. The van der Waals surface area contributed by atoms with E-state index in [0.717, 1.165) is 5.56 Å². The smallest absolute Gasteiger partial charge is 0.295 e. The van der Waals surface area contributed by atoms with Crippen LogP contribution in [0.3, 0.4) is 0 Å². The maximum absolute atomic E-state index is 12.6. The summed E-state index contributed by atoms with van der Waals surface area (Å²) in [6, 6.07) is 24.4. The van der Waals surface area contributed by atoms with E-state index in [4.69, 9.17) is 34.9 Å². The van der Waals surface area contributed by atoms with E-state index in [1.54, 1.807) is 24.3 Å². The van der Waals surface area contributed by atoms with Gasteiger partial charge in [-0.2, -0.15) is 12.8 Å². The van der Waals surface area contributed by atoms with Gasteiger partial charge in [-0.15, -0.1) is 0 Å². The van der Waals surface area contributed by atoms with E-state index < -0.39 is 15.0 Å². The average molecular weight is 735 g/mol. The maximum Gasteiger partial charge on any atom is 0.295 e. The Kier molecular flexibility index (Phi) is 7.51. The zero-order valence-electron chi connectivity index (χ0n) is 24.3. The monoisotopic (exact) mass is 734 g/mol. The van der Waals surface area contributed by atoms with Crippen molar-refractivity contribution in [2.45, 2.75) is 9.79 Å². The molecule has 0 saturated heterocycles. The fourth-order valence-electron chi connectivity index (χ4n) is 5.93. The summed E-state index contributed by atoms with van der Waals surface area (Å²) in [5.74, 6) is 1.70. The Bertz CT molecular complexity index is 2540. The largest absolute Gasteiger partial charge is 0.691 e. The molecular formula is C32H15CuN8O6S2-. The first kappa shape index (κ1) is 31.2. The third-order valence-electron chi connectivity index (χ3n) is 7.92. The van der Waals surface area contributed by atoms with Crippen LogP contribution in [0.4, 0.5) is 0 Å². The van der Waals surface area contributed by atoms with Gasteiger partial charge in [0.2, 0.25) is 0 Å². The van der Waals surface area contributed by atoms with Gasteiger partial charge in [0.1, 0.15) is 4.90 Å². The molecule has 9 rings (SSSR count). The summed E-state index contributed by atoms with van der Waals surface area (Å²) >= 11 is 0.677. The average Bonchev–Trinajstić information content (AvgIpc) is 3.82. The second kappa shape index (κ2) is 11.8. The molecule has 49 heavy (non-hydrogen) atoms. The fraction of sp³-hybridized carbons (Fsp3) is 0. The van der Waals surface area contributed by atoms with Gasteiger partial charge in [0.25, 0.3) is 10.1 Å². The fourth-order valence-corrected chi connectivity index (χ4v) is 7.16. The molecule has 0 atom stereocenters. The molecule has 0 aromatic heterocycles. The third-order valence-corrected chi connectivity index (χ3v) is 9.46. The quantitative estimate of drug-likeness (QED) is 0.109. The zero-order valence-corrected chi connectivity index (χ0v) is 26.8. The van der Waals surface area contributed by atoms with Crippen LogP contribution in [0.1, 0.15) is 44.5 Å². The number of amidine groups is 8. The van der Waals surface area contributed by atoms with E-state index in [1.165, 1.54) is 12.1 Å². The number of benzene rings is 4. The summed E-state index contributed by atoms with van der Waals surface area (Å²) in [6.07, 6.45) is 0. The minimum absolute atomic E-state index is 0. The van der Waals surface area contributed by atoms with E-state index in [9.17, 15) is 18.2 Å². The van der Waals surface area contributed by atoms with Gasteiger partial charge in [0.05, 0.1) is 22.5 Å². The Labute approximate surface area is 291 Å². The van der Waals surface area contributed by atoms with Crippen LogP contribution in [0.5, 0.6) is 0 Å². The SMILES string of the molecule is O=S(=O)(O)c1cccc2c1C1=NC2=NC2=NC(=NC3=NC(=NC4=NC(=N1)c1ccccc14)c1ccccc13)c1c(SOO[O-])cccc12.[Cu]. The van der Waals surface area contributed by atoms with Crippen LogP contribution in [0, 0.1) is 0 Å². The van der Waals surface area contributed by atoms with Crippen LogP contribution >= 0.6 is 12.0 Å². The predicted octanol–water partition coefficient (Wildman–Crippen LogP) is 3.30. The summed E-state index contributed by atoms with van der Waals surface area (Å²) in [5.41, 5.74) is 4.11. The molecule has 0 saturated carbocycles. The van der Waals surface area contributed by atoms with Gasteiger partial charge < -0.3 is 5.26 Å². The number of aliphatic imine (C=N–C) groups is 8. The summed E-state index contributed by atoms with van der Waals surface area (Å²) in [5, 5.41) is 14.4. The molecule has 0 aliphatic carbocycles. The standard InChI is InChI=1S/C32H16N8O6S2.Cu/c41-45-46-47-21-13-5-11-19-23(21)31-37-27-17-9-3-1-7-15(17)25(34-27)33-26-16-8-2-4-10-18(16)28(35-26)38-32-24-20(30(40-32)36-29(19)39-31)12-6-14-22(24)48(42,43)44;/h1-14,41H,(H,42,43,44);/p-1. The Morgan fingerprint density at radius 3 is 1.35 bits per heavy atom. The molecule has 0 fully saturated rings. The first-order valence-electron chi connectivity index (χ1n) is 14.1. The van der Waals surface area contributed by atoms with Crippen LogP contribution in [0.2, 0.25) is 0 Å². The van der Waals surface area contributed by atoms with Gasteiger partial charge in [-0.25, -0.2) is 39.9 Å². The second-order valence-electron chi connectivity index (χ2n) is 10.6. The Hall–Kier alpha value is -5.10. The molecule has 14 nitrogen and oxygen atoms in total. The van der Waals surface area contributed by atoms with Crippen molar-refractivity contribution in [1.29, 1.82) is 0 Å². The van der Waals surface area contributed by atoms with Crippen LogP contribution < -0.4 is 5.26 Å². The molecule has 0 unspecified atom stereocenters. The van der Waals surface area contributed by atoms with Crippen molar-refractivity contribution in [3.05, 3.63) is 129 Å². The topological polar surface area (TPSA) is 195 Å². The molecule has 5 aliphatic heterocycles. The molecule has 4 aromatic rings.